The number of aromatic nitrogens is 3. The number of carbonyl (C=O) groups excluding carboxylic acids is 1. The second kappa shape index (κ2) is 9.33. The van der Waals surface area contributed by atoms with Gasteiger partial charge in [0.25, 0.3) is 0 Å². The third kappa shape index (κ3) is 6.11. The second-order valence-electron chi connectivity index (χ2n) is 5.99. The predicted molar refractivity (Wildman–Crippen MR) is 102 cm³/mol. The van der Waals surface area contributed by atoms with Gasteiger partial charge in [-0.1, -0.05) is 47.7 Å². The van der Waals surface area contributed by atoms with E-state index in [1.807, 2.05) is 61.5 Å². The van der Waals surface area contributed by atoms with E-state index in [1.54, 1.807) is 17.0 Å². The van der Waals surface area contributed by atoms with Crippen LogP contribution in [0.1, 0.15) is 16.8 Å². The van der Waals surface area contributed by atoms with Gasteiger partial charge in [-0.15, -0.1) is 5.10 Å². The molecule has 1 heterocycles. The van der Waals surface area contributed by atoms with Gasteiger partial charge in [0.1, 0.15) is 24.7 Å². The molecule has 0 radical (unpaired) electrons. The fourth-order valence-corrected chi connectivity index (χ4v) is 2.45. The molecule has 0 bridgehead atoms. The Balaban J connectivity index is 1.40. The molecular weight excluding hydrogens is 342 g/mol. The maximum Gasteiger partial charge on any atom is 0.330 e. The third-order valence-corrected chi connectivity index (χ3v) is 3.72. The molecule has 0 fully saturated rings. The van der Waals surface area contributed by atoms with Gasteiger partial charge in [0.2, 0.25) is 0 Å². The van der Waals surface area contributed by atoms with E-state index in [0.29, 0.717) is 18.8 Å². The zero-order valence-electron chi connectivity index (χ0n) is 15.1. The highest BCUT2D eigenvalue weighted by Crippen LogP contribution is 2.12. The second-order valence-corrected chi connectivity index (χ2v) is 5.99. The van der Waals surface area contributed by atoms with Gasteiger partial charge in [-0.25, -0.2) is 9.48 Å². The molecule has 6 heteroatoms. The Bertz CT molecular complexity index is 904. The van der Waals surface area contributed by atoms with Gasteiger partial charge >= 0.3 is 5.97 Å². The van der Waals surface area contributed by atoms with Crippen LogP contribution < -0.4 is 4.74 Å². The first kappa shape index (κ1) is 18.4. The Morgan fingerprint density at radius 2 is 1.96 bits per heavy atom. The molecule has 0 aliphatic heterocycles. The number of ether oxygens (including phenoxy) is 2. The summed E-state index contributed by atoms with van der Waals surface area (Å²) in [6, 6.07) is 17.7. The van der Waals surface area contributed by atoms with Crippen molar-refractivity contribution in [3.05, 3.63) is 83.7 Å². The van der Waals surface area contributed by atoms with Crippen molar-refractivity contribution in [1.29, 1.82) is 0 Å². The number of hydrogen-bond acceptors (Lipinski definition) is 5. The van der Waals surface area contributed by atoms with Crippen molar-refractivity contribution in [2.45, 2.75) is 13.5 Å². The van der Waals surface area contributed by atoms with Crippen molar-refractivity contribution in [1.82, 2.24) is 15.0 Å². The van der Waals surface area contributed by atoms with Gasteiger partial charge < -0.3 is 9.47 Å². The molecule has 0 saturated heterocycles. The number of esters is 1. The van der Waals surface area contributed by atoms with Gasteiger partial charge in [-0.05, 0) is 36.3 Å². The van der Waals surface area contributed by atoms with E-state index in [-0.39, 0.29) is 6.61 Å². The van der Waals surface area contributed by atoms with E-state index in [0.717, 1.165) is 16.9 Å². The minimum absolute atomic E-state index is 0.178. The zero-order valence-corrected chi connectivity index (χ0v) is 15.1. The van der Waals surface area contributed by atoms with Gasteiger partial charge in [0.15, 0.2) is 0 Å². The summed E-state index contributed by atoms with van der Waals surface area (Å²) in [6.45, 7) is 3.10. The third-order valence-electron chi connectivity index (χ3n) is 3.72. The monoisotopic (exact) mass is 363 g/mol. The Morgan fingerprint density at radius 3 is 2.78 bits per heavy atom. The van der Waals surface area contributed by atoms with E-state index in [9.17, 15) is 4.79 Å². The summed E-state index contributed by atoms with van der Waals surface area (Å²) in [7, 11) is 0. The smallest absolute Gasteiger partial charge is 0.330 e. The van der Waals surface area contributed by atoms with Crippen LogP contribution in [0.2, 0.25) is 0 Å². The fraction of sp³-hybridized carbons (Fsp3) is 0.190. The summed E-state index contributed by atoms with van der Waals surface area (Å²) in [5.41, 5.74) is 2.84. The molecule has 0 unspecified atom stereocenters. The lowest BCUT2D eigenvalue weighted by atomic mass is 10.2. The summed E-state index contributed by atoms with van der Waals surface area (Å²) >= 11 is 0. The molecule has 0 atom stereocenters. The topological polar surface area (TPSA) is 66.2 Å². The number of hydrogen-bond donors (Lipinski definition) is 0. The van der Waals surface area contributed by atoms with Gasteiger partial charge in [0, 0.05) is 6.08 Å². The number of benzene rings is 2. The normalized spacial score (nSPS) is 10.9. The van der Waals surface area contributed by atoms with Crippen LogP contribution in [0, 0.1) is 6.92 Å². The number of carbonyl (C=O) groups is 1. The zero-order chi connectivity index (χ0) is 18.9. The van der Waals surface area contributed by atoms with Crippen LogP contribution >= 0.6 is 0 Å². The lowest BCUT2D eigenvalue weighted by Gasteiger charge is -2.06. The van der Waals surface area contributed by atoms with Crippen LogP contribution in [-0.4, -0.2) is 34.2 Å². The molecule has 2 aromatic carbocycles. The molecule has 0 N–H and O–H groups in total. The van der Waals surface area contributed by atoms with Gasteiger partial charge in [0.05, 0.1) is 12.7 Å². The van der Waals surface area contributed by atoms with Crippen molar-refractivity contribution >= 4 is 12.0 Å². The summed E-state index contributed by atoms with van der Waals surface area (Å²) in [6.07, 6.45) is 4.69. The first-order chi connectivity index (χ1) is 13.2. The first-order valence-corrected chi connectivity index (χ1v) is 8.67. The van der Waals surface area contributed by atoms with E-state index >= 15 is 0 Å². The molecule has 3 aromatic rings. The molecular formula is C21H21N3O3. The van der Waals surface area contributed by atoms with Crippen LogP contribution in [0.3, 0.4) is 0 Å². The SMILES string of the molecule is Cc1cccc(OCCOC(=O)/C=C/c2cn(Cc3ccccc3)nn2)c1. The molecule has 1 aromatic heterocycles. The highest BCUT2D eigenvalue weighted by molar-refractivity contribution is 5.86. The molecule has 138 valence electrons. The molecule has 0 saturated carbocycles. The van der Waals surface area contributed by atoms with Crippen LogP contribution in [0.15, 0.2) is 66.9 Å². The highest BCUT2D eigenvalue weighted by atomic mass is 16.6. The van der Waals surface area contributed by atoms with E-state index in [1.165, 1.54) is 6.08 Å². The van der Waals surface area contributed by atoms with Crippen LogP contribution in [0.4, 0.5) is 0 Å². The molecule has 0 amide bonds. The molecule has 0 aliphatic carbocycles. The minimum Gasteiger partial charge on any atom is -0.490 e. The molecule has 6 nitrogen and oxygen atoms in total. The van der Waals surface area contributed by atoms with E-state index < -0.39 is 5.97 Å². The predicted octanol–water partition coefficient (Wildman–Crippen LogP) is 3.27. The Kier molecular flexibility index (Phi) is 6.35. The van der Waals surface area contributed by atoms with E-state index in [4.69, 9.17) is 9.47 Å². The average Bonchev–Trinajstić information content (AvgIpc) is 3.12. The average molecular weight is 363 g/mol. The van der Waals surface area contributed by atoms with Crippen LogP contribution in [-0.2, 0) is 16.1 Å². The Hall–Kier alpha value is -3.41. The molecule has 27 heavy (non-hydrogen) atoms. The summed E-state index contributed by atoms with van der Waals surface area (Å²) in [5.74, 6) is 0.317. The highest BCUT2D eigenvalue weighted by Gasteiger charge is 2.02. The molecule has 0 aliphatic rings. The standard InChI is InChI=1S/C21H21N3O3/c1-17-6-5-9-20(14-17)26-12-13-27-21(25)11-10-19-16-24(23-22-19)15-18-7-3-2-4-8-18/h2-11,14,16H,12-13,15H2,1H3/b11-10+. The van der Waals surface area contributed by atoms with Crippen molar-refractivity contribution in [3.63, 3.8) is 0 Å². The van der Waals surface area contributed by atoms with Crippen molar-refractivity contribution in [2.75, 3.05) is 13.2 Å². The Labute approximate surface area is 158 Å². The molecule has 0 spiro atoms. The molecule has 3 rings (SSSR count). The van der Waals surface area contributed by atoms with Crippen LogP contribution in [0.5, 0.6) is 5.75 Å². The maximum absolute atomic E-state index is 11.8. The summed E-state index contributed by atoms with van der Waals surface area (Å²) in [5, 5.41) is 8.07. The quantitative estimate of drug-likeness (QED) is 0.349. The van der Waals surface area contributed by atoms with Crippen LogP contribution in [0.25, 0.3) is 6.08 Å². The summed E-state index contributed by atoms with van der Waals surface area (Å²) < 4.78 is 12.4. The number of nitrogens with zero attached hydrogens (tertiary/aromatic N) is 3. The first-order valence-electron chi connectivity index (χ1n) is 8.67. The largest absolute Gasteiger partial charge is 0.490 e. The van der Waals surface area contributed by atoms with Crippen molar-refractivity contribution in [2.24, 2.45) is 0 Å². The lowest BCUT2D eigenvalue weighted by molar-refractivity contribution is -0.138. The fourth-order valence-electron chi connectivity index (χ4n) is 2.45. The van der Waals surface area contributed by atoms with Crippen molar-refractivity contribution < 1.29 is 14.3 Å². The lowest BCUT2D eigenvalue weighted by Crippen LogP contribution is -2.10. The maximum atomic E-state index is 11.8. The van der Waals surface area contributed by atoms with Crippen molar-refractivity contribution in [3.8, 4) is 5.75 Å². The summed E-state index contributed by atoms with van der Waals surface area (Å²) in [4.78, 5) is 11.8. The number of rotatable bonds is 8. The Morgan fingerprint density at radius 1 is 1.11 bits per heavy atom. The number of aryl methyl sites for hydroxylation is 1. The van der Waals surface area contributed by atoms with Gasteiger partial charge in [-0.2, -0.15) is 0 Å². The van der Waals surface area contributed by atoms with Gasteiger partial charge in [-0.3, -0.25) is 0 Å². The van der Waals surface area contributed by atoms with E-state index in [2.05, 4.69) is 10.3 Å². The minimum atomic E-state index is -0.444.